The molecule has 2 aromatic rings. The van der Waals surface area contributed by atoms with Crippen LogP contribution in [0.15, 0.2) is 28.7 Å². The maximum absolute atomic E-state index is 13.3. The molecule has 41 heavy (non-hydrogen) atoms. The number of nitrogens with zero attached hydrogens (tertiary/aromatic N) is 4. The van der Waals surface area contributed by atoms with E-state index in [9.17, 15) is 37.5 Å². The first kappa shape index (κ1) is 31.4. The molecule has 15 heteroatoms. The SMILES string of the molecule is CCCC[C@@H](C(=O)C(=O)NN1CCOC1=O)N(C(=O)O)C(Cc1nnc(-c2ccc(C(F)(F)F)cc2)o1)C(C)(C)C. The lowest BCUT2D eigenvalue weighted by atomic mass is 9.82. The Morgan fingerprint density at radius 1 is 1.15 bits per heavy atom. The van der Waals surface area contributed by atoms with Crippen molar-refractivity contribution in [3.63, 3.8) is 0 Å². The second-order valence-electron chi connectivity index (χ2n) is 10.6. The van der Waals surface area contributed by atoms with E-state index in [4.69, 9.17) is 9.15 Å². The molecule has 2 N–H and O–H groups in total. The summed E-state index contributed by atoms with van der Waals surface area (Å²) in [6.07, 6.45) is -5.90. The van der Waals surface area contributed by atoms with Gasteiger partial charge < -0.3 is 14.3 Å². The highest BCUT2D eigenvalue weighted by Gasteiger charge is 2.43. The molecule has 1 aliphatic rings. The topological polar surface area (TPSA) is 155 Å². The predicted molar refractivity (Wildman–Crippen MR) is 136 cm³/mol. The number of cyclic esters (lactones) is 1. The number of alkyl halides is 3. The van der Waals surface area contributed by atoms with Gasteiger partial charge in [0.25, 0.3) is 0 Å². The van der Waals surface area contributed by atoms with Gasteiger partial charge in [0.05, 0.1) is 12.1 Å². The normalized spacial score (nSPS) is 15.3. The van der Waals surface area contributed by atoms with Crippen LogP contribution in [0.25, 0.3) is 11.5 Å². The van der Waals surface area contributed by atoms with Gasteiger partial charge in [0.1, 0.15) is 12.6 Å². The van der Waals surface area contributed by atoms with Crippen LogP contribution in [0.5, 0.6) is 0 Å². The van der Waals surface area contributed by atoms with Crippen LogP contribution in [-0.4, -0.2) is 74.3 Å². The van der Waals surface area contributed by atoms with Crippen molar-refractivity contribution in [2.24, 2.45) is 5.41 Å². The molecule has 3 amide bonds. The van der Waals surface area contributed by atoms with Gasteiger partial charge in [-0.2, -0.15) is 13.2 Å². The summed E-state index contributed by atoms with van der Waals surface area (Å²) in [6.45, 7) is 7.12. The van der Waals surface area contributed by atoms with Gasteiger partial charge in [-0.05, 0) is 36.1 Å². The maximum Gasteiger partial charge on any atom is 0.428 e. The van der Waals surface area contributed by atoms with Gasteiger partial charge in [-0.3, -0.25) is 19.9 Å². The van der Waals surface area contributed by atoms with E-state index in [0.29, 0.717) is 12.8 Å². The molecule has 0 spiro atoms. The Kier molecular flexibility index (Phi) is 9.61. The van der Waals surface area contributed by atoms with Gasteiger partial charge in [0, 0.05) is 18.0 Å². The molecule has 1 aliphatic heterocycles. The first-order chi connectivity index (χ1) is 19.1. The standard InChI is InChI=1S/C26H32F3N5O7/c1-5-6-7-17(20(35)21(36)32-33-12-13-40-24(33)39)34(23(37)38)18(25(2,3)4)14-19-30-31-22(41-19)15-8-10-16(11-9-15)26(27,28)29/h8-11,17-18H,5-7,12-14H2,1-4H3,(H,32,36)(H,37,38)/t17-,18?/m0/s1. The van der Waals surface area contributed by atoms with Crippen LogP contribution in [0.3, 0.4) is 0 Å². The Balaban J connectivity index is 1.90. The number of ether oxygens (including phenoxy) is 1. The van der Waals surface area contributed by atoms with Crippen molar-refractivity contribution in [2.45, 2.75) is 71.6 Å². The molecule has 0 aliphatic carbocycles. The fraction of sp³-hybridized carbons (Fsp3) is 0.538. The fourth-order valence-electron chi connectivity index (χ4n) is 4.34. The average Bonchev–Trinajstić information content (AvgIpc) is 3.52. The minimum absolute atomic E-state index is 0.0166. The first-order valence-electron chi connectivity index (χ1n) is 12.9. The van der Waals surface area contributed by atoms with E-state index in [-0.39, 0.29) is 43.3 Å². The maximum atomic E-state index is 13.3. The van der Waals surface area contributed by atoms with Crippen molar-refractivity contribution >= 4 is 23.9 Å². The zero-order chi connectivity index (χ0) is 30.5. The Labute approximate surface area is 233 Å². The lowest BCUT2D eigenvalue weighted by Gasteiger charge is -2.41. The van der Waals surface area contributed by atoms with Crippen molar-refractivity contribution in [1.82, 2.24) is 25.5 Å². The summed E-state index contributed by atoms with van der Waals surface area (Å²) in [5, 5.41) is 19.0. The second-order valence-corrected chi connectivity index (χ2v) is 10.6. The van der Waals surface area contributed by atoms with Gasteiger partial charge >= 0.3 is 24.3 Å². The van der Waals surface area contributed by atoms with E-state index in [2.05, 4.69) is 15.6 Å². The summed E-state index contributed by atoms with van der Waals surface area (Å²) in [5.74, 6) is -2.30. The Bertz CT molecular complexity index is 1260. The number of hydrogen-bond donors (Lipinski definition) is 2. The molecule has 2 atom stereocenters. The van der Waals surface area contributed by atoms with Crippen LogP contribution in [0.4, 0.5) is 22.8 Å². The van der Waals surface area contributed by atoms with Gasteiger partial charge in [-0.15, -0.1) is 10.2 Å². The van der Waals surface area contributed by atoms with Crippen molar-refractivity contribution < 1.29 is 46.6 Å². The number of carboxylic acid groups (broad SMARTS) is 1. The number of carbonyl (C=O) groups is 4. The number of ketones is 1. The van der Waals surface area contributed by atoms with E-state index in [1.54, 1.807) is 20.8 Å². The van der Waals surface area contributed by atoms with Crippen LogP contribution in [0.2, 0.25) is 0 Å². The van der Waals surface area contributed by atoms with Gasteiger partial charge in [0.2, 0.25) is 17.6 Å². The van der Waals surface area contributed by atoms with Crippen molar-refractivity contribution in [3.05, 3.63) is 35.7 Å². The van der Waals surface area contributed by atoms with Crippen LogP contribution in [0.1, 0.15) is 58.4 Å². The smallest absolute Gasteiger partial charge is 0.428 e. The number of rotatable bonds is 11. The lowest BCUT2D eigenvalue weighted by molar-refractivity contribution is -0.143. The van der Waals surface area contributed by atoms with Gasteiger partial charge in [-0.25, -0.2) is 14.6 Å². The van der Waals surface area contributed by atoms with E-state index >= 15 is 0 Å². The molecule has 1 unspecified atom stereocenters. The summed E-state index contributed by atoms with van der Waals surface area (Å²) in [7, 11) is 0. The molecule has 12 nitrogen and oxygen atoms in total. The quantitative estimate of drug-likeness (QED) is 0.368. The third-order valence-corrected chi connectivity index (χ3v) is 6.54. The summed E-state index contributed by atoms with van der Waals surface area (Å²) in [6, 6.07) is 1.77. The summed E-state index contributed by atoms with van der Waals surface area (Å²) >= 11 is 0. The number of halogens is 3. The van der Waals surface area contributed by atoms with Crippen molar-refractivity contribution in [1.29, 1.82) is 0 Å². The third kappa shape index (κ3) is 7.73. The molecule has 3 rings (SSSR count). The molecule has 224 valence electrons. The minimum atomic E-state index is -4.51. The van der Waals surface area contributed by atoms with Gasteiger partial charge in [-0.1, -0.05) is 40.5 Å². The molecule has 1 saturated heterocycles. The molecule has 1 aromatic heterocycles. The van der Waals surface area contributed by atoms with Gasteiger partial charge in [0.15, 0.2) is 0 Å². The summed E-state index contributed by atoms with van der Waals surface area (Å²) < 4.78 is 49.2. The van der Waals surface area contributed by atoms with Crippen LogP contribution >= 0.6 is 0 Å². The molecule has 1 aromatic carbocycles. The minimum Gasteiger partial charge on any atom is -0.465 e. The monoisotopic (exact) mass is 583 g/mol. The number of amides is 3. The number of hydrazine groups is 1. The number of unbranched alkanes of at least 4 members (excludes halogenated alkanes) is 1. The van der Waals surface area contributed by atoms with E-state index in [1.807, 2.05) is 6.92 Å². The third-order valence-electron chi connectivity index (χ3n) is 6.54. The molecular formula is C26H32F3N5O7. The van der Waals surface area contributed by atoms with E-state index in [1.165, 1.54) is 12.1 Å². The zero-order valence-electron chi connectivity index (χ0n) is 23.0. The molecule has 1 fully saturated rings. The first-order valence-corrected chi connectivity index (χ1v) is 12.9. The fourth-order valence-corrected chi connectivity index (χ4v) is 4.34. The molecule has 0 bridgehead atoms. The summed E-state index contributed by atoms with van der Waals surface area (Å²) in [4.78, 5) is 51.4. The van der Waals surface area contributed by atoms with Crippen molar-refractivity contribution in [2.75, 3.05) is 13.2 Å². The zero-order valence-corrected chi connectivity index (χ0v) is 23.0. The molecule has 0 radical (unpaired) electrons. The Morgan fingerprint density at radius 2 is 1.80 bits per heavy atom. The van der Waals surface area contributed by atoms with Crippen LogP contribution < -0.4 is 5.43 Å². The number of hydrogen-bond acceptors (Lipinski definition) is 8. The average molecular weight is 584 g/mol. The number of carbonyl (C=O) groups excluding carboxylic acids is 3. The largest absolute Gasteiger partial charge is 0.465 e. The highest BCUT2D eigenvalue weighted by molar-refractivity contribution is 6.38. The highest BCUT2D eigenvalue weighted by atomic mass is 19.4. The lowest BCUT2D eigenvalue weighted by Crippen LogP contribution is -2.59. The van der Waals surface area contributed by atoms with E-state index in [0.717, 1.165) is 22.0 Å². The number of Topliss-reactive ketones (excluding diaryl/α,β-unsaturated/α-hetero) is 1. The molecular weight excluding hydrogens is 551 g/mol. The number of aromatic nitrogens is 2. The van der Waals surface area contributed by atoms with E-state index < -0.39 is 53.1 Å². The second kappa shape index (κ2) is 12.6. The Morgan fingerprint density at radius 3 is 2.32 bits per heavy atom. The molecule has 0 saturated carbocycles. The number of nitrogens with one attached hydrogen (secondary N) is 1. The predicted octanol–water partition coefficient (Wildman–Crippen LogP) is 4.30. The highest BCUT2D eigenvalue weighted by Crippen LogP contribution is 2.33. The molecule has 2 heterocycles. The van der Waals surface area contributed by atoms with Crippen molar-refractivity contribution in [3.8, 4) is 11.5 Å². The Hall–Kier alpha value is -4.17. The van der Waals surface area contributed by atoms with Crippen LogP contribution in [0, 0.1) is 5.41 Å². The van der Waals surface area contributed by atoms with Crippen LogP contribution in [-0.2, 0) is 26.9 Å². The number of benzene rings is 1. The summed E-state index contributed by atoms with van der Waals surface area (Å²) in [5.41, 5.74) is 0.758.